The van der Waals surface area contributed by atoms with E-state index in [1.54, 1.807) is 7.05 Å². The lowest BCUT2D eigenvalue weighted by Gasteiger charge is -2.23. The highest BCUT2D eigenvalue weighted by molar-refractivity contribution is 5.30. The highest BCUT2D eigenvalue weighted by atomic mass is 19.3. The highest BCUT2D eigenvalue weighted by Crippen LogP contribution is 2.43. The number of halogens is 2. The number of aromatic nitrogens is 2. The number of nitrogens with one attached hydrogen (secondary N) is 1. The molecule has 3 atom stereocenters. The second-order valence-electron chi connectivity index (χ2n) is 4.57. The second kappa shape index (κ2) is 6.04. The van der Waals surface area contributed by atoms with Crippen LogP contribution in [0.2, 0.25) is 0 Å². The van der Waals surface area contributed by atoms with Gasteiger partial charge in [0.2, 0.25) is 6.23 Å². The standard InChI is InChI=1S/C12H17F2N3O4/c1-15-8-4-5-17(11(18)16-8)10-12(13,14)9(20-3)7(21-10)6-19-2/h4-5,7,9-10H,6H2,1-3H3,(H,15,16,18)/t7-,9?,10-/m1/s1. The molecule has 0 saturated carbocycles. The van der Waals surface area contributed by atoms with Crippen molar-refractivity contribution in [1.82, 2.24) is 9.55 Å². The minimum atomic E-state index is -3.38. The predicted molar refractivity (Wildman–Crippen MR) is 69.6 cm³/mol. The van der Waals surface area contributed by atoms with Gasteiger partial charge < -0.3 is 19.5 Å². The Bertz CT molecular complexity index is 552. The Hall–Kier alpha value is -1.58. The second-order valence-corrected chi connectivity index (χ2v) is 4.57. The molecule has 2 rings (SSSR count). The van der Waals surface area contributed by atoms with Gasteiger partial charge in [0, 0.05) is 27.5 Å². The number of anilines is 1. The summed E-state index contributed by atoms with van der Waals surface area (Å²) in [4.78, 5) is 15.5. The average molecular weight is 305 g/mol. The zero-order chi connectivity index (χ0) is 15.6. The summed E-state index contributed by atoms with van der Waals surface area (Å²) in [5, 5.41) is 2.66. The maximum Gasteiger partial charge on any atom is 0.351 e. The Morgan fingerprint density at radius 2 is 2.24 bits per heavy atom. The fourth-order valence-corrected chi connectivity index (χ4v) is 2.30. The summed E-state index contributed by atoms with van der Waals surface area (Å²) in [5.41, 5.74) is -0.834. The Morgan fingerprint density at radius 1 is 1.52 bits per heavy atom. The number of hydrogen-bond acceptors (Lipinski definition) is 6. The van der Waals surface area contributed by atoms with Crippen molar-refractivity contribution in [2.24, 2.45) is 0 Å². The SMILES string of the molecule is CNc1ccn([C@@H]2O[C@H](COC)C(OC)C2(F)F)c(=O)n1. The van der Waals surface area contributed by atoms with E-state index in [2.05, 4.69) is 10.3 Å². The molecule has 0 radical (unpaired) electrons. The van der Waals surface area contributed by atoms with Crippen LogP contribution in [0.5, 0.6) is 0 Å². The van der Waals surface area contributed by atoms with Crippen molar-refractivity contribution in [1.29, 1.82) is 0 Å². The summed E-state index contributed by atoms with van der Waals surface area (Å²) in [6, 6.07) is 1.41. The van der Waals surface area contributed by atoms with Gasteiger partial charge in [0.1, 0.15) is 11.9 Å². The lowest BCUT2D eigenvalue weighted by atomic mass is 10.1. The summed E-state index contributed by atoms with van der Waals surface area (Å²) in [7, 11) is 4.11. The van der Waals surface area contributed by atoms with Crippen molar-refractivity contribution in [3.05, 3.63) is 22.7 Å². The van der Waals surface area contributed by atoms with Crippen LogP contribution in [0.1, 0.15) is 6.23 Å². The molecule has 1 saturated heterocycles. The van der Waals surface area contributed by atoms with Crippen LogP contribution in [-0.2, 0) is 14.2 Å². The molecule has 1 aliphatic heterocycles. The first-order valence-electron chi connectivity index (χ1n) is 6.27. The van der Waals surface area contributed by atoms with Crippen LogP contribution < -0.4 is 11.0 Å². The first-order valence-corrected chi connectivity index (χ1v) is 6.27. The molecular formula is C12H17F2N3O4. The van der Waals surface area contributed by atoms with Gasteiger partial charge >= 0.3 is 11.6 Å². The molecule has 21 heavy (non-hydrogen) atoms. The van der Waals surface area contributed by atoms with Gasteiger partial charge in [-0.3, -0.25) is 4.57 Å². The number of ether oxygens (including phenoxy) is 3. The molecule has 0 amide bonds. The van der Waals surface area contributed by atoms with E-state index in [4.69, 9.17) is 14.2 Å². The predicted octanol–water partition coefficient (Wildman–Crippen LogP) is 0.479. The van der Waals surface area contributed by atoms with E-state index >= 15 is 0 Å². The summed E-state index contributed by atoms with van der Waals surface area (Å²) in [5.74, 6) is -3.10. The van der Waals surface area contributed by atoms with Crippen LogP contribution in [0.3, 0.4) is 0 Å². The normalized spacial score (nSPS) is 27.8. The van der Waals surface area contributed by atoms with Crippen molar-refractivity contribution in [2.45, 2.75) is 24.4 Å². The number of nitrogens with zero attached hydrogens (tertiary/aromatic N) is 2. The van der Waals surface area contributed by atoms with Crippen LogP contribution in [-0.4, -0.2) is 55.6 Å². The van der Waals surface area contributed by atoms with E-state index in [1.165, 1.54) is 19.4 Å². The molecule has 0 aromatic carbocycles. The third-order valence-corrected chi connectivity index (χ3v) is 3.27. The molecule has 0 spiro atoms. The van der Waals surface area contributed by atoms with Gasteiger partial charge in [0.15, 0.2) is 6.10 Å². The molecule has 1 N–H and O–H groups in total. The van der Waals surface area contributed by atoms with E-state index < -0.39 is 30.0 Å². The molecule has 0 aliphatic carbocycles. The van der Waals surface area contributed by atoms with Crippen LogP contribution in [0.25, 0.3) is 0 Å². The Kier molecular flexibility index (Phi) is 4.55. The van der Waals surface area contributed by atoms with E-state index in [0.29, 0.717) is 0 Å². The molecular weight excluding hydrogens is 288 g/mol. The quantitative estimate of drug-likeness (QED) is 0.853. The molecule has 1 unspecified atom stereocenters. The van der Waals surface area contributed by atoms with Crippen LogP contribution >= 0.6 is 0 Å². The van der Waals surface area contributed by atoms with E-state index in [0.717, 1.165) is 11.7 Å². The largest absolute Gasteiger partial charge is 0.382 e. The van der Waals surface area contributed by atoms with Crippen molar-refractivity contribution in [3.8, 4) is 0 Å². The fourth-order valence-electron chi connectivity index (χ4n) is 2.30. The van der Waals surface area contributed by atoms with Crippen LogP contribution in [0.4, 0.5) is 14.6 Å². The lowest BCUT2D eigenvalue weighted by Crippen LogP contribution is -2.43. The van der Waals surface area contributed by atoms with E-state index in [9.17, 15) is 13.6 Å². The first kappa shape index (κ1) is 15.8. The fraction of sp³-hybridized carbons (Fsp3) is 0.667. The van der Waals surface area contributed by atoms with Gasteiger partial charge in [0.05, 0.1) is 6.61 Å². The summed E-state index contributed by atoms with van der Waals surface area (Å²) in [6.07, 6.45) is -3.05. The third-order valence-electron chi connectivity index (χ3n) is 3.27. The van der Waals surface area contributed by atoms with Gasteiger partial charge in [0.25, 0.3) is 0 Å². The van der Waals surface area contributed by atoms with E-state index in [1.807, 2.05) is 0 Å². The van der Waals surface area contributed by atoms with Gasteiger partial charge in [-0.05, 0) is 6.07 Å². The maximum atomic E-state index is 14.4. The third kappa shape index (κ3) is 2.76. The Labute approximate surface area is 119 Å². The smallest absolute Gasteiger partial charge is 0.351 e. The highest BCUT2D eigenvalue weighted by Gasteiger charge is 2.60. The zero-order valence-electron chi connectivity index (χ0n) is 11.9. The van der Waals surface area contributed by atoms with Crippen LogP contribution in [0, 0.1) is 0 Å². The van der Waals surface area contributed by atoms with Gasteiger partial charge in [-0.2, -0.15) is 13.8 Å². The molecule has 2 heterocycles. The van der Waals surface area contributed by atoms with Gasteiger partial charge in [-0.25, -0.2) is 4.79 Å². The minimum absolute atomic E-state index is 0.0681. The topological polar surface area (TPSA) is 74.6 Å². The van der Waals surface area contributed by atoms with Crippen molar-refractivity contribution < 1.29 is 23.0 Å². The zero-order valence-corrected chi connectivity index (χ0v) is 11.9. The van der Waals surface area contributed by atoms with Gasteiger partial charge in [-0.15, -0.1) is 0 Å². The molecule has 1 fully saturated rings. The summed E-state index contributed by atoms with van der Waals surface area (Å²) < 4.78 is 44.5. The molecule has 118 valence electrons. The molecule has 9 heteroatoms. The average Bonchev–Trinajstić information content (AvgIpc) is 2.69. The van der Waals surface area contributed by atoms with Crippen molar-refractivity contribution in [2.75, 3.05) is 33.2 Å². The van der Waals surface area contributed by atoms with Crippen LogP contribution in [0.15, 0.2) is 17.1 Å². The number of methoxy groups -OCH3 is 2. The molecule has 7 nitrogen and oxygen atoms in total. The number of hydrogen-bond donors (Lipinski definition) is 1. The molecule has 1 aromatic heterocycles. The maximum absolute atomic E-state index is 14.4. The summed E-state index contributed by atoms with van der Waals surface area (Å²) in [6.45, 7) is -0.0681. The monoisotopic (exact) mass is 305 g/mol. The Morgan fingerprint density at radius 3 is 2.76 bits per heavy atom. The lowest BCUT2D eigenvalue weighted by molar-refractivity contribution is -0.147. The molecule has 1 aromatic rings. The van der Waals surface area contributed by atoms with E-state index in [-0.39, 0.29) is 12.4 Å². The first-order chi connectivity index (χ1) is 9.95. The summed E-state index contributed by atoms with van der Waals surface area (Å²) >= 11 is 0. The van der Waals surface area contributed by atoms with Crippen molar-refractivity contribution >= 4 is 5.82 Å². The number of alkyl halides is 2. The van der Waals surface area contributed by atoms with Gasteiger partial charge in [-0.1, -0.05) is 0 Å². The van der Waals surface area contributed by atoms with Crippen molar-refractivity contribution in [3.63, 3.8) is 0 Å². The number of rotatable bonds is 5. The minimum Gasteiger partial charge on any atom is -0.382 e. The molecule has 0 bridgehead atoms. The molecule has 1 aliphatic rings. The Balaban J connectivity index is 2.37.